The Bertz CT molecular complexity index is 453. The van der Waals surface area contributed by atoms with E-state index in [1.54, 1.807) is 6.92 Å². The molecule has 98 valence electrons. The minimum atomic E-state index is -0.413. The Balaban J connectivity index is 2.04. The molecule has 0 amide bonds. The number of Topliss-reactive ketones (excluding diaryl/α,β-unsaturated/α-hetero) is 1. The summed E-state index contributed by atoms with van der Waals surface area (Å²) < 4.78 is 13.5. The fraction of sp³-hybridized carbons (Fsp3) is 0.615. The zero-order valence-electron chi connectivity index (χ0n) is 10.3. The second-order valence-electron chi connectivity index (χ2n) is 4.98. The molecule has 3 nitrogen and oxygen atoms in total. The van der Waals surface area contributed by atoms with E-state index in [0.717, 1.165) is 31.9 Å². The molecule has 0 spiro atoms. The normalized spacial score (nSPS) is 23.9. The summed E-state index contributed by atoms with van der Waals surface area (Å²) in [4.78, 5) is 18.9. The summed E-state index contributed by atoms with van der Waals surface area (Å²) in [5.74, 6) is 0.266. The van der Waals surface area contributed by atoms with Gasteiger partial charge in [-0.25, -0.2) is 14.4 Å². The second-order valence-corrected chi connectivity index (χ2v) is 5.32. The van der Waals surface area contributed by atoms with Crippen LogP contribution in [-0.4, -0.2) is 15.8 Å². The van der Waals surface area contributed by atoms with E-state index in [0.29, 0.717) is 18.0 Å². The third-order valence-corrected chi connectivity index (χ3v) is 3.81. The van der Waals surface area contributed by atoms with E-state index in [1.807, 2.05) is 0 Å². The predicted octanol–water partition coefficient (Wildman–Crippen LogP) is 3.21. The molecule has 2 atom stereocenters. The zero-order chi connectivity index (χ0) is 13.1. The first-order valence-corrected chi connectivity index (χ1v) is 6.61. The van der Waals surface area contributed by atoms with Crippen LogP contribution in [0.1, 0.15) is 38.3 Å². The lowest BCUT2D eigenvalue weighted by atomic mass is 9.78. The minimum absolute atomic E-state index is 0.0744. The Morgan fingerprint density at radius 2 is 2.33 bits per heavy atom. The molecule has 0 N–H and O–H groups in total. The Morgan fingerprint density at radius 3 is 3.06 bits per heavy atom. The molecule has 18 heavy (non-hydrogen) atoms. The Morgan fingerprint density at radius 1 is 1.56 bits per heavy atom. The quantitative estimate of drug-likeness (QED) is 0.792. The van der Waals surface area contributed by atoms with E-state index in [4.69, 9.17) is 11.6 Å². The summed E-state index contributed by atoms with van der Waals surface area (Å²) in [6, 6.07) is 0. The van der Waals surface area contributed by atoms with Gasteiger partial charge in [-0.05, 0) is 43.7 Å². The molecule has 1 aliphatic carbocycles. The molecule has 1 saturated carbocycles. The minimum Gasteiger partial charge on any atom is -0.300 e. The number of hydrogen-bond donors (Lipinski definition) is 0. The standard InChI is InChI=1S/C13H16ClFN2O/c1-8(18)10-4-2-3-9(5-10)6-12-11(15)7-16-13(14)17-12/h7,9-10H,2-6H2,1H3/t9-,10+/m0/s1. The number of hydrogen-bond acceptors (Lipinski definition) is 3. The van der Waals surface area contributed by atoms with Crippen molar-refractivity contribution < 1.29 is 9.18 Å². The van der Waals surface area contributed by atoms with Gasteiger partial charge >= 0.3 is 0 Å². The third-order valence-electron chi connectivity index (χ3n) is 3.63. The summed E-state index contributed by atoms with van der Waals surface area (Å²) in [5, 5.41) is 0.0744. The van der Waals surface area contributed by atoms with Crippen LogP contribution in [0, 0.1) is 17.7 Å². The van der Waals surface area contributed by atoms with Crippen molar-refractivity contribution in [2.75, 3.05) is 0 Å². The number of ketones is 1. The van der Waals surface area contributed by atoms with Gasteiger partial charge in [-0.15, -0.1) is 0 Å². The van der Waals surface area contributed by atoms with Gasteiger partial charge in [0.05, 0.1) is 11.9 Å². The van der Waals surface area contributed by atoms with Crippen molar-refractivity contribution in [3.63, 3.8) is 0 Å². The van der Waals surface area contributed by atoms with Crippen LogP contribution in [0.25, 0.3) is 0 Å². The van der Waals surface area contributed by atoms with Gasteiger partial charge in [0.25, 0.3) is 0 Å². The maximum atomic E-state index is 13.5. The van der Waals surface area contributed by atoms with Crippen molar-refractivity contribution in [3.05, 3.63) is 23.0 Å². The number of carbonyl (C=O) groups excluding carboxylic acids is 1. The smallest absolute Gasteiger partial charge is 0.222 e. The van der Waals surface area contributed by atoms with Crippen molar-refractivity contribution in [1.82, 2.24) is 9.97 Å². The van der Waals surface area contributed by atoms with Gasteiger partial charge in [0, 0.05) is 5.92 Å². The largest absolute Gasteiger partial charge is 0.300 e. The molecule has 1 aromatic heterocycles. The van der Waals surface area contributed by atoms with E-state index in [1.165, 1.54) is 0 Å². The van der Waals surface area contributed by atoms with Crippen molar-refractivity contribution in [2.24, 2.45) is 11.8 Å². The maximum Gasteiger partial charge on any atom is 0.222 e. The van der Waals surface area contributed by atoms with Crippen LogP contribution in [-0.2, 0) is 11.2 Å². The second kappa shape index (κ2) is 5.74. The zero-order valence-corrected chi connectivity index (χ0v) is 11.1. The lowest BCUT2D eigenvalue weighted by Crippen LogP contribution is -2.23. The summed E-state index contributed by atoms with van der Waals surface area (Å²) in [6.07, 6.45) is 5.48. The molecule has 1 aliphatic rings. The van der Waals surface area contributed by atoms with Gasteiger partial charge < -0.3 is 0 Å². The molecule has 1 heterocycles. The van der Waals surface area contributed by atoms with Crippen LogP contribution in [0.5, 0.6) is 0 Å². The van der Waals surface area contributed by atoms with Gasteiger partial charge in [-0.2, -0.15) is 0 Å². The van der Waals surface area contributed by atoms with Crippen LogP contribution >= 0.6 is 11.6 Å². The predicted molar refractivity (Wildman–Crippen MR) is 66.8 cm³/mol. The molecule has 0 aromatic carbocycles. The molecule has 0 bridgehead atoms. The van der Waals surface area contributed by atoms with Gasteiger partial charge in [-0.3, -0.25) is 4.79 Å². The number of aromatic nitrogens is 2. The fourth-order valence-electron chi connectivity index (χ4n) is 2.64. The summed E-state index contributed by atoms with van der Waals surface area (Å²) in [6.45, 7) is 1.63. The average Bonchev–Trinajstić information content (AvgIpc) is 2.34. The van der Waals surface area contributed by atoms with Crippen molar-refractivity contribution in [1.29, 1.82) is 0 Å². The molecular formula is C13H16ClFN2O. The fourth-order valence-corrected chi connectivity index (χ4v) is 2.79. The molecule has 0 radical (unpaired) electrons. The summed E-state index contributed by atoms with van der Waals surface area (Å²) in [7, 11) is 0. The SMILES string of the molecule is CC(=O)[C@@H]1CCC[C@H](Cc2nc(Cl)ncc2F)C1. The summed E-state index contributed by atoms with van der Waals surface area (Å²) in [5.41, 5.74) is 0.365. The molecule has 1 fully saturated rings. The van der Waals surface area contributed by atoms with Gasteiger partial charge in [-0.1, -0.05) is 12.8 Å². The Labute approximate surface area is 111 Å². The Hall–Kier alpha value is -1.03. The number of rotatable bonds is 3. The van der Waals surface area contributed by atoms with Crippen LogP contribution in [0.15, 0.2) is 6.20 Å². The summed E-state index contributed by atoms with van der Waals surface area (Å²) >= 11 is 5.67. The molecule has 0 saturated heterocycles. The van der Waals surface area contributed by atoms with E-state index in [-0.39, 0.29) is 17.0 Å². The highest BCUT2D eigenvalue weighted by Gasteiger charge is 2.26. The molecular weight excluding hydrogens is 255 g/mol. The van der Waals surface area contributed by atoms with Crippen LogP contribution in [0.3, 0.4) is 0 Å². The molecule has 2 rings (SSSR count). The Kier molecular flexibility index (Phi) is 4.27. The van der Waals surface area contributed by atoms with Gasteiger partial charge in [0.2, 0.25) is 5.28 Å². The van der Waals surface area contributed by atoms with Crippen molar-refractivity contribution in [3.8, 4) is 0 Å². The third kappa shape index (κ3) is 3.25. The monoisotopic (exact) mass is 270 g/mol. The first-order chi connectivity index (χ1) is 8.56. The topological polar surface area (TPSA) is 42.9 Å². The van der Waals surface area contributed by atoms with E-state index >= 15 is 0 Å². The first-order valence-electron chi connectivity index (χ1n) is 6.23. The van der Waals surface area contributed by atoms with Crippen LogP contribution in [0.2, 0.25) is 5.28 Å². The van der Waals surface area contributed by atoms with E-state index in [9.17, 15) is 9.18 Å². The van der Waals surface area contributed by atoms with Crippen molar-refractivity contribution in [2.45, 2.75) is 39.0 Å². The van der Waals surface area contributed by atoms with Gasteiger partial charge in [0.1, 0.15) is 5.78 Å². The molecule has 0 unspecified atom stereocenters. The van der Waals surface area contributed by atoms with E-state index in [2.05, 4.69) is 9.97 Å². The lowest BCUT2D eigenvalue weighted by Gasteiger charge is -2.27. The number of halogens is 2. The highest BCUT2D eigenvalue weighted by molar-refractivity contribution is 6.28. The lowest BCUT2D eigenvalue weighted by molar-refractivity contribution is -0.122. The van der Waals surface area contributed by atoms with Gasteiger partial charge in [0.15, 0.2) is 5.82 Å². The molecule has 0 aliphatic heterocycles. The number of nitrogens with zero attached hydrogens (tertiary/aromatic N) is 2. The van der Waals surface area contributed by atoms with Crippen LogP contribution in [0.4, 0.5) is 4.39 Å². The average molecular weight is 271 g/mol. The van der Waals surface area contributed by atoms with E-state index < -0.39 is 5.82 Å². The first kappa shape index (κ1) is 13.4. The van der Waals surface area contributed by atoms with Crippen LogP contribution < -0.4 is 0 Å². The highest BCUT2D eigenvalue weighted by Crippen LogP contribution is 2.32. The number of carbonyl (C=O) groups is 1. The molecule has 1 aromatic rings. The highest BCUT2D eigenvalue weighted by atomic mass is 35.5. The maximum absolute atomic E-state index is 13.5. The molecule has 5 heteroatoms. The van der Waals surface area contributed by atoms with Crippen molar-refractivity contribution >= 4 is 17.4 Å².